The molecule has 0 fully saturated rings. The van der Waals surface area contributed by atoms with E-state index in [1.807, 2.05) is 13.0 Å². The van der Waals surface area contributed by atoms with Gasteiger partial charge >= 0.3 is 0 Å². The van der Waals surface area contributed by atoms with Crippen LogP contribution >= 0.6 is 0 Å². The van der Waals surface area contributed by atoms with E-state index in [4.69, 9.17) is 4.99 Å². The van der Waals surface area contributed by atoms with Crippen LogP contribution in [0.5, 0.6) is 5.75 Å². The Bertz CT molecular complexity index is 526. The maximum absolute atomic E-state index is 11.2. The minimum absolute atomic E-state index is 0.191. The first kappa shape index (κ1) is 17.0. The van der Waals surface area contributed by atoms with Crippen LogP contribution in [0.3, 0.4) is 0 Å². The molecular weight excluding hydrogens is 274 g/mol. The molecule has 0 spiro atoms. The van der Waals surface area contributed by atoms with Crippen LogP contribution in [0.15, 0.2) is 29.3 Å². The van der Waals surface area contributed by atoms with Crippen molar-refractivity contribution in [2.24, 2.45) is 10.9 Å². The molecule has 1 aliphatic rings. The number of rotatable bonds is 6. The van der Waals surface area contributed by atoms with Crippen molar-refractivity contribution in [3.63, 3.8) is 0 Å². The highest BCUT2D eigenvalue weighted by Crippen LogP contribution is 2.35. The van der Waals surface area contributed by atoms with Crippen LogP contribution < -0.4 is 0 Å². The van der Waals surface area contributed by atoms with Crippen LogP contribution in [0.25, 0.3) is 0 Å². The van der Waals surface area contributed by atoms with Crippen molar-refractivity contribution in [3.8, 4) is 5.75 Å². The van der Waals surface area contributed by atoms with E-state index in [0.717, 1.165) is 30.5 Å². The standard InChI is InChI=1S/C19H29NO2/c1-4-8-14(3)17-11-7-12-18(20-17)19(22,5-2)15-9-6-10-16(21)13-15/h6,9-10,13-14,17,21-22H,4-5,7-8,11-12H2,1-3H3. The summed E-state index contributed by atoms with van der Waals surface area (Å²) in [6.45, 7) is 6.45. The van der Waals surface area contributed by atoms with Gasteiger partial charge in [0.25, 0.3) is 0 Å². The molecule has 0 saturated carbocycles. The third kappa shape index (κ3) is 3.52. The summed E-state index contributed by atoms with van der Waals surface area (Å²) in [7, 11) is 0. The van der Waals surface area contributed by atoms with Crippen molar-refractivity contribution in [1.29, 1.82) is 0 Å². The number of nitrogens with zero attached hydrogens (tertiary/aromatic N) is 1. The molecule has 22 heavy (non-hydrogen) atoms. The van der Waals surface area contributed by atoms with E-state index in [0.29, 0.717) is 18.4 Å². The molecule has 3 heteroatoms. The number of aliphatic imine (C=N–C) groups is 1. The summed E-state index contributed by atoms with van der Waals surface area (Å²) in [5, 5.41) is 21.0. The zero-order valence-electron chi connectivity index (χ0n) is 14.0. The lowest BCUT2D eigenvalue weighted by Gasteiger charge is -2.34. The maximum atomic E-state index is 11.2. The zero-order valence-corrected chi connectivity index (χ0v) is 14.0. The fourth-order valence-corrected chi connectivity index (χ4v) is 3.52. The Kier molecular flexibility index (Phi) is 5.63. The van der Waals surface area contributed by atoms with Gasteiger partial charge in [-0.2, -0.15) is 0 Å². The summed E-state index contributed by atoms with van der Waals surface area (Å²) < 4.78 is 0. The van der Waals surface area contributed by atoms with Crippen molar-refractivity contribution in [3.05, 3.63) is 29.8 Å². The van der Waals surface area contributed by atoms with E-state index in [2.05, 4.69) is 13.8 Å². The number of hydrogen-bond acceptors (Lipinski definition) is 3. The summed E-state index contributed by atoms with van der Waals surface area (Å²) in [6.07, 6.45) is 5.97. The molecule has 2 N–H and O–H groups in total. The van der Waals surface area contributed by atoms with Crippen LogP contribution in [-0.4, -0.2) is 22.0 Å². The lowest BCUT2D eigenvalue weighted by molar-refractivity contribution is 0.101. The number of phenols is 1. The zero-order chi connectivity index (χ0) is 16.2. The lowest BCUT2D eigenvalue weighted by Crippen LogP contribution is -2.38. The van der Waals surface area contributed by atoms with Gasteiger partial charge in [-0.05, 0) is 55.7 Å². The minimum atomic E-state index is -1.05. The number of benzene rings is 1. The summed E-state index contributed by atoms with van der Waals surface area (Å²) in [5.41, 5.74) is 0.584. The van der Waals surface area contributed by atoms with E-state index in [1.165, 1.54) is 12.8 Å². The van der Waals surface area contributed by atoms with Crippen LogP contribution in [-0.2, 0) is 5.60 Å². The molecule has 0 aromatic heterocycles. The summed E-state index contributed by atoms with van der Waals surface area (Å²) in [4.78, 5) is 4.93. The van der Waals surface area contributed by atoms with Gasteiger partial charge in [0.2, 0.25) is 0 Å². The van der Waals surface area contributed by atoms with Gasteiger partial charge in [0.05, 0.1) is 6.04 Å². The molecule has 1 aromatic carbocycles. The van der Waals surface area contributed by atoms with Gasteiger partial charge in [-0.1, -0.05) is 39.3 Å². The molecule has 3 atom stereocenters. The van der Waals surface area contributed by atoms with Crippen molar-refractivity contribution >= 4 is 5.71 Å². The Labute approximate surface area is 134 Å². The first-order chi connectivity index (χ1) is 10.5. The molecule has 0 bridgehead atoms. The number of hydrogen-bond donors (Lipinski definition) is 2. The highest BCUT2D eigenvalue weighted by atomic mass is 16.3. The van der Waals surface area contributed by atoms with Crippen LogP contribution in [0.2, 0.25) is 0 Å². The lowest BCUT2D eigenvalue weighted by atomic mass is 9.80. The number of phenolic OH excluding ortho intramolecular Hbond substituents is 1. The van der Waals surface area contributed by atoms with E-state index in [9.17, 15) is 10.2 Å². The van der Waals surface area contributed by atoms with E-state index < -0.39 is 5.60 Å². The number of aromatic hydroxyl groups is 1. The third-order valence-electron chi connectivity index (χ3n) is 4.95. The molecule has 1 aromatic rings. The van der Waals surface area contributed by atoms with Gasteiger partial charge < -0.3 is 10.2 Å². The van der Waals surface area contributed by atoms with Gasteiger partial charge in [-0.15, -0.1) is 0 Å². The first-order valence-electron chi connectivity index (χ1n) is 8.60. The second kappa shape index (κ2) is 7.28. The Morgan fingerprint density at radius 2 is 2.14 bits per heavy atom. The van der Waals surface area contributed by atoms with E-state index in [1.54, 1.807) is 18.2 Å². The summed E-state index contributed by atoms with van der Waals surface area (Å²) >= 11 is 0. The summed E-state index contributed by atoms with van der Waals surface area (Å²) in [6, 6.07) is 7.27. The minimum Gasteiger partial charge on any atom is -0.508 e. The van der Waals surface area contributed by atoms with Crippen LogP contribution in [0.4, 0.5) is 0 Å². The smallest absolute Gasteiger partial charge is 0.127 e. The van der Waals surface area contributed by atoms with Crippen LogP contribution in [0, 0.1) is 5.92 Å². The molecule has 0 amide bonds. The van der Waals surface area contributed by atoms with E-state index >= 15 is 0 Å². The van der Waals surface area contributed by atoms with Crippen molar-refractivity contribution in [2.75, 3.05) is 0 Å². The highest BCUT2D eigenvalue weighted by molar-refractivity contribution is 5.94. The number of aliphatic hydroxyl groups is 1. The predicted molar refractivity (Wildman–Crippen MR) is 91.4 cm³/mol. The molecule has 2 rings (SSSR count). The maximum Gasteiger partial charge on any atom is 0.127 e. The van der Waals surface area contributed by atoms with E-state index in [-0.39, 0.29) is 5.75 Å². The Hall–Kier alpha value is -1.35. The second-order valence-electron chi connectivity index (χ2n) is 6.57. The van der Waals surface area contributed by atoms with Gasteiger partial charge in [0, 0.05) is 5.71 Å². The molecular formula is C19H29NO2. The monoisotopic (exact) mass is 303 g/mol. The second-order valence-corrected chi connectivity index (χ2v) is 6.57. The topological polar surface area (TPSA) is 52.8 Å². The Morgan fingerprint density at radius 3 is 2.77 bits per heavy atom. The average molecular weight is 303 g/mol. The fraction of sp³-hybridized carbons (Fsp3) is 0.632. The van der Waals surface area contributed by atoms with Crippen molar-refractivity contribution in [2.45, 2.75) is 70.9 Å². The predicted octanol–water partition coefficient (Wildman–Crippen LogP) is 4.42. The molecule has 0 saturated heterocycles. The van der Waals surface area contributed by atoms with Crippen molar-refractivity contribution < 1.29 is 10.2 Å². The average Bonchev–Trinajstić information content (AvgIpc) is 2.54. The van der Waals surface area contributed by atoms with Gasteiger partial charge in [0.1, 0.15) is 11.4 Å². The largest absolute Gasteiger partial charge is 0.508 e. The molecule has 0 radical (unpaired) electrons. The molecule has 1 aliphatic heterocycles. The SMILES string of the molecule is CCCC(C)C1CCCC(C(O)(CC)c2cccc(O)c2)=N1. The van der Waals surface area contributed by atoms with Gasteiger partial charge in [0.15, 0.2) is 0 Å². The molecule has 3 nitrogen and oxygen atoms in total. The molecule has 1 heterocycles. The molecule has 3 unspecified atom stereocenters. The Balaban J connectivity index is 2.32. The molecule has 0 aliphatic carbocycles. The Morgan fingerprint density at radius 1 is 1.36 bits per heavy atom. The van der Waals surface area contributed by atoms with Crippen LogP contribution in [0.1, 0.15) is 64.9 Å². The van der Waals surface area contributed by atoms with Crippen molar-refractivity contribution in [1.82, 2.24) is 0 Å². The van der Waals surface area contributed by atoms with Gasteiger partial charge in [-0.25, -0.2) is 0 Å². The fourth-order valence-electron chi connectivity index (χ4n) is 3.52. The van der Waals surface area contributed by atoms with Gasteiger partial charge in [-0.3, -0.25) is 4.99 Å². The normalized spacial score (nSPS) is 22.7. The summed E-state index contributed by atoms with van der Waals surface area (Å²) in [5.74, 6) is 0.752. The molecule has 122 valence electrons. The highest BCUT2D eigenvalue weighted by Gasteiger charge is 2.36. The first-order valence-corrected chi connectivity index (χ1v) is 8.60. The third-order valence-corrected chi connectivity index (χ3v) is 4.95. The quantitative estimate of drug-likeness (QED) is 0.817.